The Kier molecular flexibility index (Phi) is 6.75. The number of hydrogen-bond acceptors (Lipinski definition) is 6. The Labute approximate surface area is 188 Å². The lowest BCUT2D eigenvalue weighted by Crippen LogP contribution is -2.50. The highest BCUT2D eigenvalue weighted by molar-refractivity contribution is 5.89. The number of aromatic nitrogens is 1. The molecule has 1 aromatic heterocycles. The molecular formula is C22H27N3O8. The van der Waals surface area contributed by atoms with E-state index in [4.69, 9.17) is 26.2 Å². The fourth-order valence-electron chi connectivity index (χ4n) is 4.86. The third kappa shape index (κ3) is 4.99. The third-order valence-electron chi connectivity index (χ3n) is 6.41. The number of likely N-dealkylation sites (tertiary alicyclic amines) is 1. The van der Waals surface area contributed by atoms with Crippen LogP contribution in [-0.4, -0.2) is 79.4 Å². The number of hydrogen-bond donors (Lipinski definition) is 6. The fraction of sp³-hybridized carbons (Fsp3) is 0.455. The van der Waals surface area contributed by atoms with Crippen LogP contribution in [0.4, 0.5) is 0 Å². The highest BCUT2D eigenvalue weighted by Crippen LogP contribution is 2.44. The molecule has 0 spiro atoms. The highest BCUT2D eigenvalue weighted by Gasteiger charge is 2.41. The van der Waals surface area contributed by atoms with Crippen molar-refractivity contribution in [2.75, 3.05) is 13.6 Å². The number of H-pyrrole nitrogens is 1. The predicted molar refractivity (Wildman–Crippen MR) is 116 cm³/mol. The Morgan fingerprint density at radius 1 is 1.15 bits per heavy atom. The number of nitrogens with one attached hydrogen (secondary N) is 1. The molecule has 11 nitrogen and oxygen atoms in total. The van der Waals surface area contributed by atoms with Crippen molar-refractivity contribution in [3.63, 3.8) is 0 Å². The third-order valence-corrected chi connectivity index (χ3v) is 6.41. The van der Waals surface area contributed by atoms with Gasteiger partial charge < -0.3 is 36.0 Å². The van der Waals surface area contributed by atoms with Gasteiger partial charge in [-0.25, -0.2) is 4.79 Å². The summed E-state index contributed by atoms with van der Waals surface area (Å²) in [5.41, 5.74) is 6.81. The van der Waals surface area contributed by atoms with Gasteiger partial charge in [-0.2, -0.15) is 0 Å². The Morgan fingerprint density at radius 2 is 1.79 bits per heavy atom. The van der Waals surface area contributed by atoms with Gasteiger partial charge in [0.1, 0.15) is 0 Å². The molecule has 2 aliphatic rings. The van der Waals surface area contributed by atoms with Gasteiger partial charge in [0.25, 0.3) is 0 Å². The number of amides is 1. The smallest absolute Gasteiger partial charge is 0.336 e. The standard InChI is InChI=1S/C16H19N3O.C6H8O7/c1-19-8-10(16(17)20)5-12-11-3-2-4-13-15(11)9(7-18-13)6-14(12)19;7-3(8)1-6(13,5(11)12)2-4(9)10/h2-4,7,10,12,14,18H,5-6,8H2,1H3,(H2,17,20);13H,1-2H2,(H,7,8)(H,9,10)(H,11,12)/t10?,12-,14-;/m1./s1. The van der Waals surface area contributed by atoms with E-state index in [1.54, 1.807) is 0 Å². The minimum Gasteiger partial charge on any atom is -0.481 e. The van der Waals surface area contributed by atoms with E-state index in [0.29, 0.717) is 12.0 Å². The zero-order valence-corrected chi connectivity index (χ0v) is 18.0. The van der Waals surface area contributed by atoms with Crippen LogP contribution >= 0.6 is 0 Å². The van der Waals surface area contributed by atoms with Crippen LogP contribution in [0.5, 0.6) is 0 Å². The number of benzene rings is 1. The van der Waals surface area contributed by atoms with Gasteiger partial charge in [-0.3, -0.25) is 14.4 Å². The molecule has 1 amide bonds. The molecule has 2 heterocycles. The Balaban J connectivity index is 0.000000207. The summed E-state index contributed by atoms with van der Waals surface area (Å²) in [6.07, 6.45) is 1.79. The number of carboxylic acid groups (broad SMARTS) is 3. The van der Waals surface area contributed by atoms with Crippen molar-refractivity contribution < 1.29 is 39.6 Å². The van der Waals surface area contributed by atoms with Crippen LogP contribution in [0.3, 0.4) is 0 Å². The number of aliphatic hydroxyl groups is 1. The number of rotatable bonds is 6. The number of piperidine rings is 1. The lowest BCUT2D eigenvalue weighted by molar-refractivity contribution is -0.170. The van der Waals surface area contributed by atoms with Gasteiger partial charge in [0.05, 0.1) is 18.8 Å². The largest absolute Gasteiger partial charge is 0.481 e. The number of fused-ring (bicyclic) bond motifs is 2. The molecule has 33 heavy (non-hydrogen) atoms. The summed E-state index contributed by atoms with van der Waals surface area (Å²) >= 11 is 0. The summed E-state index contributed by atoms with van der Waals surface area (Å²) in [6, 6.07) is 6.93. The average Bonchev–Trinajstić information content (AvgIpc) is 3.12. The van der Waals surface area contributed by atoms with Crippen LogP contribution < -0.4 is 5.73 Å². The zero-order valence-electron chi connectivity index (χ0n) is 18.0. The number of carbonyl (C=O) groups excluding carboxylic acids is 1. The molecule has 0 radical (unpaired) electrons. The number of primary amides is 1. The average molecular weight is 461 g/mol. The number of carboxylic acids is 3. The van der Waals surface area contributed by atoms with E-state index < -0.39 is 36.4 Å². The molecule has 7 N–H and O–H groups in total. The molecule has 1 aliphatic carbocycles. The Bertz CT molecular complexity index is 1080. The van der Waals surface area contributed by atoms with Crippen LogP contribution in [0.15, 0.2) is 24.4 Å². The second-order valence-electron chi connectivity index (χ2n) is 8.71. The van der Waals surface area contributed by atoms with Crippen LogP contribution in [0.2, 0.25) is 0 Å². The molecule has 1 unspecified atom stereocenters. The molecule has 1 aliphatic heterocycles. The van der Waals surface area contributed by atoms with E-state index in [2.05, 4.69) is 41.3 Å². The first-order chi connectivity index (χ1) is 15.4. The van der Waals surface area contributed by atoms with Gasteiger partial charge >= 0.3 is 17.9 Å². The normalized spacial score (nSPS) is 22.1. The van der Waals surface area contributed by atoms with Crippen LogP contribution in [0.1, 0.15) is 36.3 Å². The second-order valence-corrected chi connectivity index (χ2v) is 8.71. The predicted octanol–water partition coefficient (Wildman–Crippen LogP) is 0.365. The van der Waals surface area contributed by atoms with Crippen molar-refractivity contribution in [1.82, 2.24) is 9.88 Å². The molecule has 1 aromatic carbocycles. The van der Waals surface area contributed by atoms with Gasteiger partial charge in [-0.1, -0.05) is 12.1 Å². The van der Waals surface area contributed by atoms with Crippen LogP contribution in [0.25, 0.3) is 10.9 Å². The van der Waals surface area contributed by atoms with Crippen molar-refractivity contribution in [2.45, 2.75) is 43.2 Å². The van der Waals surface area contributed by atoms with Crippen molar-refractivity contribution in [3.8, 4) is 0 Å². The maximum absolute atomic E-state index is 11.6. The molecule has 2 aromatic rings. The first-order valence-electron chi connectivity index (χ1n) is 10.4. The highest BCUT2D eigenvalue weighted by atomic mass is 16.4. The molecule has 1 saturated heterocycles. The number of aliphatic carboxylic acids is 3. The molecule has 4 rings (SSSR count). The van der Waals surface area contributed by atoms with Gasteiger partial charge in [0.2, 0.25) is 5.91 Å². The van der Waals surface area contributed by atoms with Crippen LogP contribution in [-0.2, 0) is 25.6 Å². The quantitative estimate of drug-likeness (QED) is 0.352. The number of likely N-dealkylation sites (N-methyl/N-ethyl adjacent to an activating group) is 1. The number of nitrogens with two attached hydrogens (primary N) is 1. The van der Waals surface area contributed by atoms with E-state index in [0.717, 1.165) is 19.4 Å². The molecule has 3 atom stereocenters. The molecular weight excluding hydrogens is 434 g/mol. The van der Waals surface area contributed by atoms with Gasteiger partial charge in [0.15, 0.2) is 5.60 Å². The lowest BCUT2D eigenvalue weighted by Gasteiger charge is -2.44. The van der Waals surface area contributed by atoms with Crippen molar-refractivity contribution in [3.05, 3.63) is 35.5 Å². The van der Waals surface area contributed by atoms with Gasteiger partial charge in [-0.15, -0.1) is 0 Å². The maximum Gasteiger partial charge on any atom is 0.336 e. The van der Waals surface area contributed by atoms with E-state index in [9.17, 15) is 19.2 Å². The molecule has 11 heteroatoms. The van der Waals surface area contributed by atoms with Crippen molar-refractivity contribution in [2.24, 2.45) is 11.7 Å². The Morgan fingerprint density at radius 3 is 2.33 bits per heavy atom. The summed E-state index contributed by atoms with van der Waals surface area (Å²) in [4.78, 5) is 47.8. The first kappa shape index (κ1) is 24.2. The number of nitrogens with zero attached hydrogens (tertiary/aromatic N) is 1. The number of aromatic amines is 1. The minimum absolute atomic E-state index is 0.0306. The monoisotopic (exact) mass is 461 g/mol. The van der Waals surface area contributed by atoms with E-state index >= 15 is 0 Å². The number of carbonyl (C=O) groups is 4. The minimum atomic E-state index is -2.74. The van der Waals surface area contributed by atoms with Gasteiger partial charge in [-0.05, 0) is 37.1 Å². The van der Waals surface area contributed by atoms with Crippen LogP contribution in [0, 0.1) is 5.92 Å². The topological polar surface area (TPSA) is 194 Å². The summed E-state index contributed by atoms with van der Waals surface area (Å²) in [6.45, 7) is 0.784. The molecule has 0 saturated carbocycles. The molecule has 0 bridgehead atoms. The van der Waals surface area contributed by atoms with Crippen molar-refractivity contribution >= 4 is 34.7 Å². The lowest BCUT2D eigenvalue weighted by atomic mass is 9.72. The van der Waals surface area contributed by atoms with E-state index in [1.807, 2.05) is 0 Å². The summed E-state index contributed by atoms with van der Waals surface area (Å²) in [5, 5.41) is 35.2. The summed E-state index contributed by atoms with van der Waals surface area (Å²) < 4.78 is 0. The summed E-state index contributed by atoms with van der Waals surface area (Å²) in [5.74, 6) is -4.80. The second kappa shape index (κ2) is 9.20. The zero-order chi connectivity index (χ0) is 24.5. The SMILES string of the molecule is CN1CC(C(N)=O)C[C@@H]2c3cccc4[nH]cc(c34)C[C@H]21.O=C(O)CC(O)(CC(=O)O)C(=O)O. The maximum atomic E-state index is 11.6. The van der Waals surface area contributed by atoms with E-state index in [1.165, 1.54) is 22.0 Å². The summed E-state index contributed by atoms with van der Waals surface area (Å²) in [7, 11) is 2.12. The van der Waals surface area contributed by atoms with Crippen molar-refractivity contribution in [1.29, 1.82) is 0 Å². The van der Waals surface area contributed by atoms with Gasteiger partial charge in [0, 0.05) is 35.6 Å². The molecule has 1 fully saturated rings. The Hall–Kier alpha value is -3.44. The van der Waals surface area contributed by atoms with E-state index in [-0.39, 0.29) is 11.8 Å². The first-order valence-corrected chi connectivity index (χ1v) is 10.4. The fourth-order valence-corrected chi connectivity index (χ4v) is 4.86. The molecule has 178 valence electrons.